The Labute approximate surface area is 111 Å². The highest BCUT2D eigenvalue weighted by Crippen LogP contribution is 2.22. The topological polar surface area (TPSA) is 92.4 Å². The zero-order valence-corrected chi connectivity index (χ0v) is 10.7. The Bertz CT molecular complexity index is 499. The lowest BCUT2D eigenvalue weighted by Crippen LogP contribution is -2.40. The molecule has 2 rings (SSSR count). The van der Waals surface area contributed by atoms with Gasteiger partial charge in [0.2, 0.25) is 11.8 Å². The predicted molar refractivity (Wildman–Crippen MR) is 70.4 cm³/mol. The summed E-state index contributed by atoms with van der Waals surface area (Å²) in [6, 6.07) is 6.09. The summed E-state index contributed by atoms with van der Waals surface area (Å²) in [6.07, 6.45) is 2.29. The standard InChI is InChI=1S/C14H18N2O3/c15-14(19)12(17)8-16-13(18)7-9-4-5-10-2-1-3-11(10)6-9/h4-6,12,17H,1-3,7-8H2,(H2,15,19)(H,16,18). The zero-order valence-electron chi connectivity index (χ0n) is 10.7. The average Bonchev–Trinajstić information content (AvgIpc) is 2.83. The molecule has 1 aliphatic carbocycles. The summed E-state index contributed by atoms with van der Waals surface area (Å²) >= 11 is 0. The van der Waals surface area contributed by atoms with E-state index in [9.17, 15) is 14.7 Å². The third-order valence-electron chi connectivity index (χ3n) is 3.35. The van der Waals surface area contributed by atoms with Crippen molar-refractivity contribution in [1.29, 1.82) is 0 Å². The number of carbonyl (C=O) groups excluding carboxylic acids is 2. The van der Waals surface area contributed by atoms with Gasteiger partial charge in [0, 0.05) is 0 Å². The van der Waals surface area contributed by atoms with Crippen LogP contribution in [0.2, 0.25) is 0 Å². The van der Waals surface area contributed by atoms with Crippen molar-refractivity contribution >= 4 is 11.8 Å². The summed E-state index contributed by atoms with van der Waals surface area (Å²) in [5.41, 5.74) is 8.54. The molecule has 0 radical (unpaired) electrons. The van der Waals surface area contributed by atoms with Crippen molar-refractivity contribution < 1.29 is 14.7 Å². The first-order valence-corrected chi connectivity index (χ1v) is 6.41. The summed E-state index contributed by atoms with van der Waals surface area (Å²) in [4.78, 5) is 22.3. The smallest absolute Gasteiger partial charge is 0.248 e. The van der Waals surface area contributed by atoms with Gasteiger partial charge in [0.25, 0.3) is 0 Å². The second kappa shape index (κ2) is 5.84. The minimum Gasteiger partial charge on any atom is -0.381 e. The van der Waals surface area contributed by atoms with Crippen LogP contribution in [0.25, 0.3) is 0 Å². The molecule has 0 saturated carbocycles. The number of aliphatic hydroxyl groups excluding tert-OH is 1. The van der Waals surface area contributed by atoms with E-state index in [2.05, 4.69) is 17.4 Å². The van der Waals surface area contributed by atoms with E-state index in [1.807, 2.05) is 6.07 Å². The van der Waals surface area contributed by atoms with Gasteiger partial charge in [-0.15, -0.1) is 0 Å². The van der Waals surface area contributed by atoms with Crippen molar-refractivity contribution in [1.82, 2.24) is 5.32 Å². The summed E-state index contributed by atoms with van der Waals surface area (Å²) < 4.78 is 0. The molecule has 5 heteroatoms. The number of primary amides is 1. The highest BCUT2D eigenvalue weighted by molar-refractivity contribution is 5.81. The molecule has 4 N–H and O–H groups in total. The van der Waals surface area contributed by atoms with Gasteiger partial charge in [0.1, 0.15) is 6.10 Å². The Kier molecular flexibility index (Phi) is 4.16. The number of aliphatic hydroxyl groups is 1. The second-order valence-electron chi connectivity index (χ2n) is 4.86. The first-order valence-electron chi connectivity index (χ1n) is 6.41. The van der Waals surface area contributed by atoms with E-state index in [-0.39, 0.29) is 18.9 Å². The molecule has 0 aliphatic heterocycles. The van der Waals surface area contributed by atoms with Crippen LogP contribution in [0.1, 0.15) is 23.1 Å². The minimum atomic E-state index is -1.33. The Balaban J connectivity index is 1.87. The van der Waals surface area contributed by atoms with Crippen LogP contribution in [0, 0.1) is 0 Å². The SMILES string of the molecule is NC(=O)C(O)CNC(=O)Cc1ccc2c(c1)CCC2. The highest BCUT2D eigenvalue weighted by Gasteiger charge is 2.14. The number of aryl methyl sites for hydroxylation is 2. The molecule has 0 bridgehead atoms. The Morgan fingerprint density at radius 2 is 2.05 bits per heavy atom. The van der Waals surface area contributed by atoms with Gasteiger partial charge in [-0.1, -0.05) is 18.2 Å². The van der Waals surface area contributed by atoms with Gasteiger partial charge in [-0.2, -0.15) is 0 Å². The van der Waals surface area contributed by atoms with Gasteiger partial charge in [0.05, 0.1) is 13.0 Å². The van der Waals surface area contributed by atoms with Gasteiger partial charge < -0.3 is 16.2 Å². The van der Waals surface area contributed by atoms with Crippen LogP contribution in [-0.2, 0) is 28.9 Å². The molecule has 1 unspecified atom stereocenters. The summed E-state index contributed by atoms with van der Waals surface area (Å²) in [6.45, 7) is -0.140. The molecule has 0 aromatic heterocycles. The summed E-state index contributed by atoms with van der Waals surface area (Å²) in [5, 5.41) is 11.7. The number of carbonyl (C=O) groups is 2. The quantitative estimate of drug-likeness (QED) is 0.679. The third-order valence-corrected chi connectivity index (χ3v) is 3.35. The number of amides is 2. The van der Waals surface area contributed by atoms with E-state index < -0.39 is 12.0 Å². The lowest BCUT2D eigenvalue weighted by molar-refractivity contribution is -0.126. The Morgan fingerprint density at radius 3 is 2.79 bits per heavy atom. The maximum absolute atomic E-state index is 11.7. The number of hydrogen-bond donors (Lipinski definition) is 3. The lowest BCUT2D eigenvalue weighted by atomic mass is 10.0. The fraction of sp³-hybridized carbons (Fsp3) is 0.429. The van der Waals surface area contributed by atoms with Crippen molar-refractivity contribution in [2.75, 3.05) is 6.54 Å². The molecule has 1 aromatic carbocycles. The number of rotatable bonds is 5. The Morgan fingerprint density at radius 1 is 1.32 bits per heavy atom. The molecule has 102 valence electrons. The van der Waals surface area contributed by atoms with Crippen LogP contribution < -0.4 is 11.1 Å². The van der Waals surface area contributed by atoms with E-state index in [0.29, 0.717) is 0 Å². The van der Waals surface area contributed by atoms with E-state index in [0.717, 1.165) is 18.4 Å². The van der Waals surface area contributed by atoms with Gasteiger partial charge in [-0.3, -0.25) is 9.59 Å². The first-order chi connectivity index (χ1) is 9.06. The van der Waals surface area contributed by atoms with Crippen molar-refractivity contribution in [3.63, 3.8) is 0 Å². The third kappa shape index (κ3) is 3.54. The van der Waals surface area contributed by atoms with Crippen LogP contribution >= 0.6 is 0 Å². The van der Waals surface area contributed by atoms with Gasteiger partial charge in [-0.05, 0) is 36.0 Å². The number of nitrogens with two attached hydrogens (primary N) is 1. The zero-order chi connectivity index (χ0) is 13.8. The minimum absolute atomic E-state index is 0.140. The molecule has 1 aliphatic rings. The van der Waals surface area contributed by atoms with Crippen molar-refractivity contribution in [2.45, 2.75) is 31.8 Å². The monoisotopic (exact) mass is 262 g/mol. The highest BCUT2D eigenvalue weighted by atomic mass is 16.3. The normalized spacial score (nSPS) is 14.8. The molecule has 1 atom stereocenters. The molecule has 2 amide bonds. The van der Waals surface area contributed by atoms with Crippen molar-refractivity contribution in [2.24, 2.45) is 5.73 Å². The van der Waals surface area contributed by atoms with Crippen LogP contribution in [-0.4, -0.2) is 29.6 Å². The van der Waals surface area contributed by atoms with E-state index in [4.69, 9.17) is 5.73 Å². The molecule has 0 saturated heterocycles. The summed E-state index contributed by atoms with van der Waals surface area (Å²) in [5.74, 6) is -1.06. The Hall–Kier alpha value is -1.88. The number of benzene rings is 1. The summed E-state index contributed by atoms with van der Waals surface area (Å²) in [7, 11) is 0. The predicted octanol–water partition coefficient (Wildman–Crippen LogP) is -0.320. The van der Waals surface area contributed by atoms with Crippen LogP contribution in [0.3, 0.4) is 0 Å². The number of nitrogens with one attached hydrogen (secondary N) is 1. The fourth-order valence-corrected chi connectivity index (χ4v) is 2.29. The van der Waals surface area contributed by atoms with Crippen molar-refractivity contribution in [3.8, 4) is 0 Å². The maximum Gasteiger partial charge on any atom is 0.248 e. The van der Waals surface area contributed by atoms with Crippen LogP contribution in [0.5, 0.6) is 0 Å². The molecular formula is C14H18N2O3. The molecule has 5 nitrogen and oxygen atoms in total. The molecule has 0 heterocycles. The molecule has 0 fully saturated rings. The van der Waals surface area contributed by atoms with Crippen LogP contribution in [0.15, 0.2) is 18.2 Å². The molecular weight excluding hydrogens is 244 g/mol. The van der Waals surface area contributed by atoms with E-state index >= 15 is 0 Å². The van der Waals surface area contributed by atoms with Crippen LogP contribution in [0.4, 0.5) is 0 Å². The fourth-order valence-electron chi connectivity index (χ4n) is 2.29. The molecule has 1 aromatic rings. The maximum atomic E-state index is 11.7. The lowest BCUT2D eigenvalue weighted by Gasteiger charge is -2.09. The average molecular weight is 262 g/mol. The molecule has 19 heavy (non-hydrogen) atoms. The van der Waals surface area contributed by atoms with Crippen molar-refractivity contribution in [3.05, 3.63) is 34.9 Å². The van der Waals surface area contributed by atoms with Gasteiger partial charge in [0.15, 0.2) is 0 Å². The second-order valence-corrected chi connectivity index (χ2v) is 4.86. The number of fused-ring (bicyclic) bond motifs is 1. The van der Waals surface area contributed by atoms with E-state index in [1.54, 1.807) is 0 Å². The largest absolute Gasteiger partial charge is 0.381 e. The number of hydrogen-bond acceptors (Lipinski definition) is 3. The van der Waals surface area contributed by atoms with E-state index in [1.165, 1.54) is 17.5 Å². The van der Waals surface area contributed by atoms with Gasteiger partial charge in [-0.25, -0.2) is 0 Å². The first kappa shape index (κ1) is 13.5. The van der Waals surface area contributed by atoms with Gasteiger partial charge >= 0.3 is 0 Å². The molecule has 0 spiro atoms.